The second-order valence-electron chi connectivity index (χ2n) is 2.80. The molecule has 0 aliphatic carbocycles. The van der Waals surface area contributed by atoms with E-state index < -0.39 is 0 Å². The van der Waals surface area contributed by atoms with E-state index in [4.69, 9.17) is 4.42 Å². The number of H-pyrrole nitrogens is 1. The highest BCUT2D eigenvalue weighted by atomic mass is 16.3. The van der Waals surface area contributed by atoms with Gasteiger partial charge in [0, 0.05) is 18.3 Å². The molecule has 2 N–H and O–H groups in total. The zero-order chi connectivity index (χ0) is 9.80. The van der Waals surface area contributed by atoms with Crippen molar-refractivity contribution in [3.8, 4) is 0 Å². The van der Waals surface area contributed by atoms with Crippen molar-refractivity contribution in [2.75, 3.05) is 0 Å². The Balaban J connectivity index is 1.90. The lowest BCUT2D eigenvalue weighted by molar-refractivity contribution is 0.0950. The van der Waals surface area contributed by atoms with E-state index in [0.29, 0.717) is 12.1 Å². The van der Waals surface area contributed by atoms with Crippen LogP contribution in [0.1, 0.15) is 15.9 Å². The maximum absolute atomic E-state index is 11.4. The Labute approximate surface area is 80.1 Å². The summed E-state index contributed by atoms with van der Waals surface area (Å²) in [6.45, 7) is 0.459. The molecule has 0 aliphatic rings. The monoisotopic (exact) mass is 191 g/mol. The largest absolute Gasteiger partial charge is 0.472 e. The third-order valence-corrected chi connectivity index (χ3v) is 1.79. The van der Waals surface area contributed by atoms with Crippen molar-refractivity contribution >= 4 is 5.91 Å². The van der Waals surface area contributed by atoms with E-state index in [-0.39, 0.29) is 5.91 Å². The van der Waals surface area contributed by atoms with E-state index in [0.717, 1.165) is 5.56 Å². The van der Waals surface area contributed by atoms with Gasteiger partial charge in [-0.3, -0.25) is 9.89 Å². The number of furan rings is 1. The minimum absolute atomic E-state index is 0.153. The summed E-state index contributed by atoms with van der Waals surface area (Å²) in [6.07, 6.45) is 6.27. The van der Waals surface area contributed by atoms with Crippen molar-refractivity contribution in [1.82, 2.24) is 15.5 Å². The van der Waals surface area contributed by atoms with Gasteiger partial charge in [-0.1, -0.05) is 0 Å². The third-order valence-electron chi connectivity index (χ3n) is 1.79. The lowest BCUT2D eigenvalue weighted by Gasteiger charge is -1.99. The SMILES string of the molecule is O=C(NCc1cn[nH]c1)c1ccoc1. The number of carbonyl (C=O) groups is 1. The lowest BCUT2D eigenvalue weighted by atomic mass is 10.3. The molecular formula is C9H9N3O2. The number of rotatable bonds is 3. The van der Waals surface area contributed by atoms with E-state index in [1.54, 1.807) is 18.5 Å². The molecule has 0 radical (unpaired) electrons. The molecule has 5 heteroatoms. The fourth-order valence-electron chi connectivity index (χ4n) is 1.05. The van der Waals surface area contributed by atoms with E-state index in [2.05, 4.69) is 15.5 Å². The summed E-state index contributed by atoms with van der Waals surface area (Å²) in [7, 11) is 0. The first-order valence-corrected chi connectivity index (χ1v) is 4.14. The Morgan fingerprint density at radius 1 is 1.64 bits per heavy atom. The Hall–Kier alpha value is -2.04. The summed E-state index contributed by atoms with van der Waals surface area (Å²) in [5, 5.41) is 9.16. The molecule has 0 bridgehead atoms. The summed E-state index contributed by atoms with van der Waals surface area (Å²) in [4.78, 5) is 11.4. The van der Waals surface area contributed by atoms with Crippen LogP contribution in [-0.4, -0.2) is 16.1 Å². The van der Waals surface area contributed by atoms with Crippen molar-refractivity contribution in [3.05, 3.63) is 42.1 Å². The van der Waals surface area contributed by atoms with Crippen LogP contribution in [0, 0.1) is 0 Å². The molecule has 1 amide bonds. The molecule has 0 saturated carbocycles. The van der Waals surface area contributed by atoms with Gasteiger partial charge in [0.05, 0.1) is 18.0 Å². The van der Waals surface area contributed by atoms with Gasteiger partial charge in [0.15, 0.2) is 0 Å². The second kappa shape index (κ2) is 3.78. The van der Waals surface area contributed by atoms with Crippen LogP contribution in [0.25, 0.3) is 0 Å². The van der Waals surface area contributed by atoms with Crippen molar-refractivity contribution in [2.24, 2.45) is 0 Å². The molecule has 0 aliphatic heterocycles. The van der Waals surface area contributed by atoms with Crippen LogP contribution < -0.4 is 5.32 Å². The number of aromatic amines is 1. The molecular weight excluding hydrogens is 182 g/mol. The Kier molecular flexibility index (Phi) is 2.31. The fraction of sp³-hybridized carbons (Fsp3) is 0.111. The highest BCUT2D eigenvalue weighted by Gasteiger charge is 2.05. The first kappa shape index (κ1) is 8.55. The van der Waals surface area contributed by atoms with Gasteiger partial charge in [-0.15, -0.1) is 0 Å². The number of aromatic nitrogens is 2. The van der Waals surface area contributed by atoms with Gasteiger partial charge in [0.2, 0.25) is 0 Å². The number of hydrogen-bond acceptors (Lipinski definition) is 3. The van der Waals surface area contributed by atoms with E-state index in [1.807, 2.05) is 0 Å². The fourth-order valence-corrected chi connectivity index (χ4v) is 1.05. The van der Waals surface area contributed by atoms with Gasteiger partial charge in [0.25, 0.3) is 5.91 Å². The van der Waals surface area contributed by atoms with Crippen LogP contribution in [0.4, 0.5) is 0 Å². The topological polar surface area (TPSA) is 70.9 Å². The maximum atomic E-state index is 11.4. The third kappa shape index (κ3) is 1.82. The average Bonchev–Trinajstić information content (AvgIpc) is 2.87. The molecule has 0 unspecified atom stereocenters. The predicted octanol–water partition coefficient (Wildman–Crippen LogP) is 0.933. The molecule has 5 nitrogen and oxygen atoms in total. The molecule has 0 aromatic carbocycles. The minimum Gasteiger partial charge on any atom is -0.472 e. The van der Waals surface area contributed by atoms with Gasteiger partial charge in [-0.25, -0.2) is 0 Å². The highest BCUT2D eigenvalue weighted by molar-refractivity contribution is 5.93. The van der Waals surface area contributed by atoms with Gasteiger partial charge < -0.3 is 9.73 Å². The highest BCUT2D eigenvalue weighted by Crippen LogP contribution is 2.00. The zero-order valence-corrected chi connectivity index (χ0v) is 7.36. The van der Waals surface area contributed by atoms with Crippen molar-refractivity contribution in [1.29, 1.82) is 0 Å². The number of amides is 1. The van der Waals surface area contributed by atoms with Gasteiger partial charge in [-0.2, -0.15) is 5.10 Å². The Morgan fingerprint density at radius 2 is 2.57 bits per heavy atom. The van der Waals surface area contributed by atoms with Crippen LogP contribution in [0.5, 0.6) is 0 Å². The normalized spacial score (nSPS) is 10.0. The molecule has 2 heterocycles. The van der Waals surface area contributed by atoms with E-state index >= 15 is 0 Å². The average molecular weight is 191 g/mol. The molecule has 2 rings (SSSR count). The first-order valence-electron chi connectivity index (χ1n) is 4.14. The summed E-state index contributed by atoms with van der Waals surface area (Å²) < 4.78 is 4.79. The number of nitrogens with one attached hydrogen (secondary N) is 2. The molecule has 2 aromatic rings. The molecule has 0 fully saturated rings. The maximum Gasteiger partial charge on any atom is 0.254 e. The number of hydrogen-bond donors (Lipinski definition) is 2. The molecule has 2 aromatic heterocycles. The van der Waals surface area contributed by atoms with Crippen LogP contribution in [0.2, 0.25) is 0 Å². The van der Waals surface area contributed by atoms with Crippen molar-refractivity contribution in [3.63, 3.8) is 0 Å². The second-order valence-corrected chi connectivity index (χ2v) is 2.80. The van der Waals surface area contributed by atoms with Crippen LogP contribution in [-0.2, 0) is 6.54 Å². The van der Waals surface area contributed by atoms with Crippen molar-refractivity contribution in [2.45, 2.75) is 6.54 Å². The molecule has 0 saturated heterocycles. The van der Waals surface area contributed by atoms with Gasteiger partial charge >= 0.3 is 0 Å². The summed E-state index contributed by atoms with van der Waals surface area (Å²) in [5.74, 6) is -0.153. The Morgan fingerprint density at radius 3 is 3.21 bits per heavy atom. The smallest absolute Gasteiger partial charge is 0.254 e. The Bertz CT molecular complexity index is 392. The molecule has 72 valence electrons. The van der Waals surface area contributed by atoms with Gasteiger partial charge in [-0.05, 0) is 6.07 Å². The van der Waals surface area contributed by atoms with E-state index in [1.165, 1.54) is 12.5 Å². The van der Waals surface area contributed by atoms with Crippen molar-refractivity contribution < 1.29 is 9.21 Å². The quantitative estimate of drug-likeness (QED) is 0.758. The van der Waals surface area contributed by atoms with Crippen LogP contribution in [0.3, 0.4) is 0 Å². The molecule has 14 heavy (non-hydrogen) atoms. The summed E-state index contributed by atoms with van der Waals surface area (Å²) in [6, 6.07) is 1.62. The lowest BCUT2D eigenvalue weighted by Crippen LogP contribution is -2.21. The standard InChI is InChI=1S/C9H9N3O2/c13-9(8-1-2-14-6-8)10-3-7-4-11-12-5-7/h1-2,4-6H,3H2,(H,10,13)(H,11,12). The van der Waals surface area contributed by atoms with Gasteiger partial charge in [0.1, 0.15) is 6.26 Å². The van der Waals surface area contributed by atoms with Crippen LogP contribution in [0.15, 0.2) is 35.4 Å². The number of carbonyl (C=O) groups excluding carboxylic acids is 1. The number of nitrogens with zero attached hydrogens (tertiary/aromatic N) is 1. The molecule has 0 spiro atoms. The summed E-state index contributed by atoms with van der Waals surface area (Å²) >= 11 is 0. The minimum atomic E-state index is -0.153. The first-order chi connectivity index (χ1) is 6.86. The predicted molar refractivity (Wildman–Crippen MR) is 48.5 cm³/mol. The van der Waals surface area contributed by atoms with Crippen LogP contribution >= 0.6 is 0 Å². The zero-order valence-electron chi connectivity index (χ0n) is 7.36. The van der Waals surface area contributed by atoms with E-state index in [9.17, 15) is 4.79 Å². The summed E-state index contributed by atoms with van der Waals surface area (Å²) in [5.41, 5.74) is 1.45. The molecule has 0 atom stereocenters.